The Bertz CT molecular complexity index is 241. The van der Waals surface area contributed by atoms with E-state index in [0.29, 0.717) is 13.0 Å². The average molecular weight is 222 g/mol. The van der Waals surface area contributed by atoms with Crippen molar-refractivity contribution < 1.29 is 13.2 Å². The van der Waals surface area contributed by atoms with Crippen molar-refractivity contribution in [2.45, 2.75) is 19.0 Å². The number of hydrogen-bond donors (Lipinski definition) is 2. The molecule has 5 atom stereocenters. The summed E-state index contributed by atoms with van der Waals surface area (Å²) in [4.78, 5) is 0. The number of alkyl halides is 3. The van der Waals surface area contributed by atoms with Crippen molar-refractivity contribution in [2.75, 3.05) is 13.1 Å². The van der Waals surface area contributed by atoms with Gasteiger partial charge in [0, 0.05) is 0 Å². The number of fused-ring (bicyclic) bond motifs is 2. The Kier molecular flexibility index (Phi) is 2.71. The Morgan fingerprint density at radius 1 is 1.07 bits per heavy atom. The van der Waals surface area contributed by atoms with Crippen LogP contribution in [0.15, 0.2) is 0 Å². The highest BCUT2D eigenvalue weighted by Crippen LogP contribution is 2.59. The molecule has 2 aliphatic carbocycles. The van der Waals surface area contributed by atoms with Crippen molar-refractivity contribution in [3.63, 3.8) is 0 Å². The van der Waals surface area contributed by atoms with Gasteiger partial charge in [-0.25, -0.2) is 0 Å². The highest BCUT2D eigenvalue weighted by molar-refractivity contribution is 5.03. The molecule has 0 aliphatic heterocycles. The highest BCUT2D eigenvalue weighted by atomic mass is 19.4. The van der Waals surface area contributed by atoms with E-state index in [-0.39, 0.29) is 30.2 Å². The monoisotopic (exact) mass is 222 g/mol. The molecule has 4 N–H and O–H groups in total. The Labute approximate surface area is 87.2 Å². The zero-order valence-electron chi connectivity index (χ0n) is 8.50. The number of rotatable bonds is 2. The first kappa shape index (κ1) is 11.2. The summed E-state index contributed by atoms with van der Waals surface area (Å²) < 4.78 is 38.6. The van der Waals surface area contributed by atoms with Crippen LogP contribution in [0.2, 0.25) is 0 Å². The molecule has 0 heterocycles. The van der Waals surface area contributed by atoms with Gasteiger partial charge >= 0.3 is 6.18 Å². The molecule has 2 nitrogen and oxygen atoms in total. The molecule has 2 bridgehead atoms. The second-order valence-electron chi connectivity index (χ2n) is 4.86. The summed E-state index contributed by atoms with van der Waals surface area (Å²) >= 11 is 0. The SMILES string of the molecule is NCC1CC2CC1C(C(F)(F)F)C2CN. The lowest BCUT2D eigenvalue weighted by Gasteiger charge is -2.35. The summed E-state index contributed by atoms with van der Waals surface area (Å²) in [5.41, 5.74) is 11.0. The molecule has 5 heteroatoms. The van der Waals surface area contributed by atoms with E-state index in [2.05, 4.69) is 0 Å². The van der Waals surface area contributed by atoms with Crippen LogP contribution < -0.4 is 11.5 Å². The number of halogens is 3. The zero-order valence-corrected chi connectivity index (χ0v) is 8.50. The maximum atomic E-state index is 12.9. The molecule has 2 fully saturated rings. The number of hydrogen-bond acceptors (Lipinski definition) is 2. The number of nitrogens with two attached hydrogens (primary N) is 2. The molecule has 2 saturated carbocycles. The van der Waals surface area contributed by atoms with Crippen molar-refractivity contribution in [3.8, 4) is 0 Å². The van der Waals surface area contributed by atoms with Gasteiger partial charge in [0.15, 0.2) is 0 Å². The van der Waals surface area contributed by atoms with Crippen molar-refractivity contribution in [3.05, 3.63) is 0 Å². The molecular formula is C10H17F3N2. The first-order valence-electron chi connectivity index (χ1n) is 5.45. The Morgan fingerprint density at radius 2 is 1.73 bits per heavy atom. The molecule has 5 unspecified atom stereocenters. The molecular weight excluding hydrogens is 205 g/mol. The zero-order chi connectivity index (χ0) is 11.2. The van der Waals surface area contributed by atoms with Crippen LogP contribution in [0.3, 0.4) is 0 Å². The second-order valence-corrected chi connectivity index (χ2v) is 4.86. The fourth-order valence-corrected chi connectivity index (χ4v) is 3.70. The maximum absolute atomic E-state index is 12.9. The van der Waals surface area contributed by atoms with Gasteiger partial charge in [-0.15, -0.1) is 0 Å². The van der Waals surface area contributed by atoms with Gasteiger partial charge in [0.2, 0.25) is 0 Å². The van der Waals surface area contributed by atoms with Gasteiger partial charge in [0.05, 0.1) is 5.92 Å². The van der Waals surface area contributed by atoms with E-state index in [1.807, 2.05) is 0 Å². The lowest BCUT2D eigenvalue weighted by Crippen LogP contribution is -2.43. The summed E-state index contributed by atoms with van der Waals surface area (Å²) in [6, 6.07) is 0. The van der Waals surface area contributed by atoms with Gasteiger partial charge in [0.25, 0.3) is 0 Å². The van der Waals surface area contributed by atoms with Gasteiger partial charge in [-0.3, -0.25) is 0 Å². The summed E-state index contributed by atoms with van der Waals surface area (Å²) in [7, 11) is 0. The fraction of sp³-hybridized carbons (Fsp3) is 1.00. The van der Waals surface area contributed by atoms with Gasteiger partial charge in [0.1, 0.15) is 0 Å². The van der Waals surface area contributed by atoms with E-state index in [4.69, 9.17) is 11.5 Å². The van der Waals surface area contributed by atoms with Crippen LogP contribution in [-0.2, 0) is 0 Å². The minimum absolute atomic E-state index is 0.0597. The summed E-state index contributed by atoms with van der Waals surface area (Å²) in [6.45, 7) is 0.535. The molecule has 88 valence electrons. The Hall–Kier alpha value is -0.290. The Balaban J connectivity index is 2.20. The molecule has 0 amide bonds. The highest BCUT2D eigenvalue weighted by Gasteiger charge is 2.60. The predicted molar refractivity (Wildman–Crippen MR) is 50.8 cm³/mol. The molecule has 15 heavy (non-hydrogen) atoms. The molecule has 0 aromatic heterocycles. The van der Waals surface area contributed by atoms with Crippen LogP contribution in [0.4, 0.5) is 13.2 Å². The summed E-state index contributed by atoms with van der Waals surface area (Å²) in [6.07, 6.45) is -2.58. The van der Waals surface area contributed by atoms with Crippen LogP contribution in [0.1, 0.15) is 12.8 Å². The largest absolute Gasteiger partial charge is 0.392 e. The van der Waals surface area contributed by atoms with Gasteiger partial charge < -0.3 is 11.5 Å². The first-order chi connectivity index (χ1) is 6.99. The predicted octanol–water partition coefficient (Wildman–Crippen LogP) is 1.35. The Morgan fingerprint density at radius 3 is 2.20 bits per heavy atom. The van der Waals surface area contributed by atoms with Crippen LogP contribution in [0, 0.1) is 29.6 Å². The summed E-state index contributed by atoms with van der Waals surface area (Å²) in [5.74, 6) is -1.62. The van der Waals surface area contributed by atoms with Gasteiger partial charge in [-0.05, 0) is 49.6 Å². The van der Waals surface area contributed by atoms with E-state index in [0.717, 1.165) is 6.42 Å². The van der Waals surface area contributed by atoms with E-state index < -0.39 is 12.1 Å². The minimum Gasteiger partial charge on any atom is -0.330 e. The third-order valence-corrected chi connectivity index (χ3v) is 4.27. The van der Waals surface area contributed by atoms with Crippen LogP contribution >= 0.6 is 0 Å². The molecule has 0 saturated heterocycles. The van der Waals surface area contributed by atoms with Crippen molar-refractivity contribution in [1.29, 1.82) is 0 Å². The van der Waals surface area contributed by atoms with E-state index in [9.17, 15) is 13.2 Å². The van der Waals surface area contributed by atoms with Gasteiger partial charge in [-0.2, -0.15) is 13.2 Å². The lowest BCUT2D eigenvalue weighted by atomic mass is 9.73. The van der Waals surface area contributed by atoms with E-state index in [1.165, 1.54) is 0 Å². The van der Waals surface area contributed by atoms with Crippen molar-refractivity contribution >= 4 is 0 Å². The smallest absolute Gasteiger partial charge is 0.330 e. The second kappa shape index (κ2) is 3.63. The van der Waals surface area contributed by atoms with Crippen LogP contribution in [-0.4, -0.2) is 19.3 Å². The van der Waals surface area contributed by atoms with Crippen LogP contribution in [0.25, 0.3) is 0 Å². The van der Waals surface area contributed by atoms with E-state index in [1.54, 1.807) is 0 Å². The topological polar surface area (TPSA) is 52.0 Å². The van der Waals surface area contributed by atoms with Crippen molar-refractivity contribution in [1.82, 2.24) is 0 Å². The maximum Gasteiger partial charge on any atom is 0.392 e. The first-order valence-corrected chi connectivity index (χ1v) is 5.45. The van der Waals surface area contributed by atoms with Gasteiger partial charge in [-0.1, -0.05) is 0 Å². The molecule has 0 spiro atoms. The molecule has 0 radical (unpaired) electrons. The third-order valence-electron chi connectivity index (χ3n) is 4.27. The van der Waals surface area contributed by atoms with Crippen molar-refractivity contribution in [2.24, 2.45) is 41.1 Å². The molecule has 0 aromatic rings. The third kappa shape index (κ3) is 1.65. The fourth-order valence-electron chi connectivity index (χ4n) is 3.70. The standard InChI is InChI=1S/C10H17F3N2/c11-10(12,13)9-7-2-5(8(9)4-15)1-6(7)3-14/h5-9H,1-4,14-15H2. The van der Waals surface area contributed by atoms with E-state index >= 15 is 0 Å². The lowest BCUT2D eigenvalue weighted by molar-refractivity contribution is -0.204. The molecule has 2 aliphatic rings. The average Bonchev–Trinajstić information content (AvgIpc) is 2.71. The van der Waals surface area contributed by atoms with Crippen LogP contribution in [0.5, 0.6) is 0 Å². The normalized spacial score (nSPS) is 45.0. The molecule has 2 rings (SSSR count). The minimum atomic E-state index is -4.10. The quantitative estimate of drug-likeness (QED) is 0.741. The summed E-state index contributed by atoms with van der Waals surface area (Å²) in [5, 5.41) is 0. The molecule has 0 aromatic carbocycles.